The van der Waals surface area contributed by atoms with E-state index in [2.05, 4.69) is 4.72 Å². The van der Waals surface area contributed by atoms with Gasteiger partial charge in [0, 0.05) is 18.2 Å². The highest BCUT2D eigenvalue weighted by atomic mass is 32.2. The van der Waals surface area contributed by atoms with Gasteiger partial charge in [-0.05, 0) is 26.3 Å². The van der Waals surface area contributed by atoms with Gasteiger partial charge in [-0.15, -0.1) is 0 Å². The fraction of sp³-hybridized carbons (Fsp3) is 0.455. The minimum absolute atomic E-state index is 0.322. The lowest BCUT2D eigenvalue weighted by atomic mass is 10.2. The van der Waals surface area contributed by atoms with E-state index in [1.807, 2.05) is 0 Å². The van der Waals surface area contributed by atoms with Crippen LogP contribution < -0.4 is 10.5 Å². The van der Waals surface area contributed by atoms with E-state index in [0.717, 1.165) is 0 Å². The van der Waals surface area contributed by atoms with E-state index in [9.17, 15) is 21.6 Å². The molecule has 0 radical (unpaired) electrons. The summed E-state index contributed by atoms with van der Waals surface area (Å²) in [5, 5.41) is 0. The summed E-state index contributed by atoms with van der Waals surface area (Å²) in [6.45, 7) is 1.93. The molecule has 0 aliphatic carbocycles. The molecule has 108 valence electrons. The third-order valence-corrected chi connectivity index (χ3v) is 4.07. The van der Waals surface area contributed by atoms with Crippen molar-refractivity contribution >= 4 is 10.0 Å². The molecule has 0 amide bonds. The average molecular weight is 296 g/mol. The van der Waals surface area contributed by atoms with Crippen LogP contribution in [0.3, 0.4) is 0 Å². The smallest absolute Gasteiger partial charge is 0.246 e. The molecule has 19 heavy (non-hydrogen) atoms. The number of hydrogen-bond donors (Lipinski definition) is 2. The second-order valence-electron chi connectivity index (χ2n) is 4.15. The lowest BCUT2D eigenvalue weighted by molar-refractivity contribution is 0.486. The molecule has 0 saturated carbocycles. The van der Waals surface area contributed by atoms with Crippen molar-refractivity contribution in [1.29, 1.82) is 0 Å². The van der Waals surface area contributed by atoms with E-state index < -0.39 is 38.4 Å². The Bertz CT molecular complexity index is 526. The van der Waals surface area contributed by atoms with Gasteiger partial charge in [-0.3, -0.25) is 0 Å². The SMILES string of the molecule is CC(CCCN)NS(=O)(=O)c1c(F)cc(F)cc1F. The Hall–Kier alpha value is -1.12. The van der Waals surface area contributed by atoms with E-state index in [4.69, 9.17) is 5.73 Å². The second-order valence-corrected chi connectivity index (χ2v) is 5.80. The van der Waals surface area contributed by atoms with Crippen molar-refractivity contribution in [3.63, 3.8) is 0 Å². The van der Waals surface area contributed by atoms with Gasteiger partial charge in [0.15, 0.2) is 4.90 Å². The van der Waals surface area contributed by atoms with Crippen LogP contribution in [0.4, 0.5) is 13.2 Å². The fourth-order valence-corrected chi connectivity index (χ4v) is 2.99. The molecule has 1 unspecified atom stereocenters. The van der Waals surface area contributed by atoms with Crippen LogP contribution in [0.2, 0.25) is 0 Å². The molecule has 1 rings (SSSR count). The van der Waals surface area contributed by atoms with E-state index in [1.54, 1.807) is 6.92 Å². The van der Waals surface area contributed by atoms with Crippen LogP contribution in [0, 0.1) is 17.5 Å². The summed E-state index contributed by atoms with van der Waals surface area (Å²) in [6.07, 6.45) is 0.998. The number of sulfonamides is 1. The molecular formula is C11H15F3N2O2S. The number of nitrogens with one attached hydrogen (secondary N) is 1. The van der Waals surface area contributed by atoms with Crippen molar-refractivity contribution in [2.24, 2.45) is 5.73 Å². The highest BCUT2D eigenvalue weighted by Crippen LogP contribution is 2.20. The number of nitrogens with two attached hydrogens (primary N) is 1. The Balaban J connectivity index is 3.01. The zero-order chi connectivity index (χ0) is 14.6. The van der Waals surface area contributed by atoms with Crippen LogP contribution in [-0.2, 0) is 10.0 Å². The third kappa shape index (κ3) is 4.19. The maximum Gasteiger partial charge on any atom is 0.246 e. The first-order valence-electron chi connectivity index (χ1n) is 5.65. The van der Waals surface area contributed by atoms with Gasteiger partial charge in [0.25, 0.3) is 0 Å². The van der Waals surface area contributed by atoms with Gasteiger partial charge in [0.2, 0.25) is 10.0 Å². The monoisotopic (exact) mass is 296 g/mol. The van der Waals surface area contributed by atoms with E-state index in [0.29, 0.717) is 31.5 Å². The van der Waals surface area contributed by atoms with Gasteiger partial charge >= 0.3 is 0 Å². The Morgan fingerprint density at radius 3 is 2.26 bits per heavy atom. The van der Waals surface area contributed by atoms with Crippen molar-refractivity contribution < 1.29 is 21.6 Å². The van der Waals surface area contributed by atoms with Gasteiger partial charge in [0.05, 0.1) is 0 Å². The number of benzene rings is 1. The predicted octanol–water partition coefficient (Wildman–Crippen LogP) is 1.51. The molecule has 0 aliphatic rings. The average Bonchev–Trinajstić information content (AvgIpc) is 2.23. The lowest BCUT2D eigenvalue weighted by Gasteiger charge is -2.14. The van der Waals surface area contributed by atoms with E-state index in [1.165, 1.54) is 0 Å². The summed E-state index contributed by atoms with van der Waals surface area (Å²) >= 11 is 0. The Morgan fingerprint density at radius 2 is 1.79 bits per heavy atom. The van der Waals surface area contributed by atoms with Crippen LogP contribution in [0.5, 0.6) is 0 Å². The molecule has 4 nitrogen and oxygen atoms in total. The van der Waals surface area contributed by atoms with Crippen LogP contribution in [0.15, 0.2) is 17.0 Å². The minimum atomic E-state index is -4.38. The standard InChI is InChI=1S/C11H15F3N2O2S/c1-7(3-2-4-15)16-19(17,18)11-9(13)5-8(12)6-10(11)14/h5-7,16H,2-4,15H2,1H3. The highest BCUT2D eigenvalue weighted by Gasteiger charge is 2.26. The minimum Gasteiger partial charge on any atom is -0.330 e. The normalized spacial score (nSPS) is 13.5. The molecule has 0 bridgehead atoms. The quantitative estimate of drug-likeness (QED) is 0.836. The number of halogens is 3. The van der Waals surface area contributed by atoms with Crippen LogP contribution >= 0.6 is 0 Å². The second kappa shape index (κ2) is 6.36. The van der Waals surface area contributed by atoms with Crippen LogP contribution in [0.1, 0.15) is 19.8 Å². The van der Waals surface area contributed by atoms with Crippen molar-refractivity contribution in [1.82, 2.24) is 4.72 Å². The Morgan fingerprint density at radius 1 is 1.26 bits per heavy atom. The van der Waals surface area contributed by atoms with E-state index >= 15 is 0 Å². The third-order valence-electron chi connectivity index (χ3n) is 2.43. The highest BCUT2D eigenvalue weighted by molar-refractivity contribution is 7.89. The first kappa shape index (κ1) is 15.9. The first-order chi connectivity index (χ1) is 8.77. The molecule has 0 saturated heterocycles. The maximum absolute atomic E-state index is 13.4. The summed E-state index contributed by atoms with van der Waals surface area (Å²) in [5.41, 5.74) is 5.28. The fourth-order valence-electron chi connectivity index (χ4n) is 1.59. The summed E-state index contributed by atoms with van der Waals surface area (Å²) in [6, 6.07) is 0.113. The molecule has 0 spiro atoms. The van der Waals surface area contributed by atoms with Gasteiger partial charge in [-0.1, -0.05) is 0 Å². The summed E-state index contributed by atoms with van der Waals surface area (Å²) in [7, 11) is -4.38. The van der Waals surface area contributed by atoms with Gasteiger partial charge in [-0.25, -0.2) is 26.3 Å². The predicted molar refractivity (Wildman–Crippen MR) is 64.4 cm³/mol. The van der Waals surface area contributed by atoms with Crippen molar-refractivity contribution in [3.05, 3.63) is 29.6 Å². The summed E-state index contributed by atoms with van der Waals surface area (Å²) < 4.78 is 65.2. The van der Waals surface area contributed by atoms with Crippen LogP contribution in [-0.4, -0.2) is 21.0 Å². The molecule has 0 aromatic heterocycles. The zero-order valence-corrected chi connectivity index (χ0v) is 11.1. The molecule has 1 aromatic rings. The molecule has 8 heteroatoms. The van der Waals surface area contributed by atoms with Crippen molar-refractivity contribution in [2.45, 2.75) is 30.7 Å². The van der Waals surface area contributed by atoms with Gasteiger partial charge < -0.3 is 5.73 Å². The van der Waals surface area contributed by atoms with Crippen molar-refractivity contribution in [3.8, 4) is 0 Å². The molecular weight excluding hydrogens is 281 g/mol. The van der Waals surface area contributed by atoms with Gasteiger partial charge in [0.1, 0.15) is 17.5 Å². The lowest BCUT2D eigenvalue weighted by Crippen LogP contribution is -2.34. The topological polar surface area (TPSA) is 72.2 Å². The van der Waals surface area contributed by atoms with Gasteiger partial charge in [-0.2, -0.15) is 0 Å². The molecule has 0 fully saturated rings. The van der Waals surface area contributed by atoms with Crippen LogP contribution in [0.25, 0.3) is 0 Å². The Labute approximate surface area is 109 Å². The zero-order valence-electron chi connectivity index (χ0n) is 10.3. The molecule has 3 N–H and O–H groups in total. The Kier molecular flexibility index (Phi) is 5.33. The summed E-state index contributed by atoms with van der Waals surface area (Å²) in [4.78, 5) is -1.17. The molecule has 1 atom stereocenters. The first-order valence-corrected chi connectivity index (χ1v) is 7.13. The van der Waals surface area contributed by atoms with Crippen molar-refractivity contribution in [2.75, 3.05) is 6.54 Å². The largest absolute Gasteiger partial charge is 0.330 e. The summed E-state index contributed by atoms with van der Waals surface area (Å²) in [5.74, 6) is -4.10. The molecule has 1 aromatic carbocycles. The molecule has 0 aliphatic heterocycles. The van der Waals surface area contributed by atoms with E-state index in [-0.39, 0.29) is 0 Å². The number of rotatable bonds is 6. The molecule has 0 heterocycles. The number of hydrogen-bond acceptors (Lipinski definition) is 3. The maximum atomic E-state index is 13.4.